The van der Waals surface area contributed by atoms with Gasteiger partial charge < -0.3 is 14.7 Å². The molecule has 1 N–H and O–H groups in total. The predicted molar refractivity (Wildman–Crippen MR) is 90.4 cm³/mol. The average Bonchev–Trinajstić information content (AvgIpc) is 3.13. The third-order valence-corrected chi connectivity index (χ3v) is 5.22. The molecule has 4 atom stereocenters. The molecule has 130 valence electrons. The average molecular weight is 331 g/mol. The molecule has 3 rings (SSSR count). The Morgan fingerprint density at radius 3 is 2.83 bits per heavy atom. The second kappa shape index (κ2) is 6.20. The topological polar surface area (TPSA) is 66.8 Å². The number of amides is 1. The summed E-state index contributed by atoms with van der Waals surface area (Å²) in [7, 11) is 0. The second-order valence-electron chi connectivity index (χ2n) is 7.33. The normalized spacial score (nSPS) is 34.0. The zero-order valence-corrected chi connectivity index (χ0v) is 14.5. The lowest BCUT2D eigenvalue weighted by atomic mass is 9.77. The number of carbonyl (C=O) groups is 2. The molecule has 3 aliphatic rings. The van der Waals surface area contributed by atoms with E-state index in [4.69, 9.17) is 4.74 Å². The molecule has 1 amide bonds. The number of hydrogen-bond donors (Lipinski definition) is 1. The van der Waals surface area contributed by atoms with Gasteiger partial charge in [-0.1, -0.05) is 35.5 Å². The highest BCUT2D eigenvalue weighted by Gasteiger charge is 2.66. The number of rotatable bonds is 6. The molecule has 3 aliphatic heterocycles. The van der Waals surface area contributed by atoms with Crippen LogP contribution in [0.2, 0.25) is 0 Å². The summed E-state index contributed by atoms with van der Waals surface area (Å²) < 4.78 is 5.87. The fraction of sp³-hybridized carbons (Fsp3) is 0.579. The largest absolute Gasteiger partial charge is 0.481 e. The predicted octanol–water partition coefficient (Wildman–Crippen LogP) is 2.55. The Labute approximate surface area is 142 Å². The van der Waals surface area contributed by atoms with Gasteiger partial charge in [-0.15, -0.1) is 0 Å². The Bertz CT molecular complexity index is 644. The molecule has 2 bridgehead atoms. The van der Waals surface area contributed by atoms with Gasteiger partial charge in [-0.05, 0) is 33.6 Å². The van der Waals surface area contributed by atoms with Gasteiger partial charge in [0.2, 0.25) is 5.91 Å². The molecule has 1 spiro atoms. The van der Waals surface area contributed by atoms with Gasteiger partial charge in [0.25, 0.3) is 0 Å². The molecule has 0 aromatic heterocycles. The molecule has 0 radical (unpaired) electrons. The van der Waals surface area contributed by atoms with Crippen LogP contribution in [0.3, 0.4) is 0 Å². The van der Waals surface area contributed by atoms with Crippen LogP contribution in [0.1, 0.15) is 33.6 Å². The Hall–Kier alpha value is -1.88. The Morgan fingerprint density at radius 1 is 1.42 bits per heavy atom. The van der Waals surface area contributed by atoms with E-state index in [1.165, 1.54) is 11.1 Å². The van der Waals surface area contributed by atoms with E-state index in [9.17, 15) is 14.7 Å². The smallest absolute Gasteiger partial charge is 0.310 e. The van der Waals surface area contributed by atoms with Gasteiger partial charge >= 0.3 is 5.97 Å². The zero-order chi connectivity index (χ0) is 17.5. The molecule has 0 unspecified atom stereocenters. The first kappa shape index (κ1) is 17.0. The van der Waals surface area contributed by atoms with Crippen molar-refractivity contribution < 1.29 is 19.4 Å². The van der Waals surface area contributed by atoms with Gasteiger partial charge in [-0.3, -0.25) is 9.59 Å². The van der Waals surface area contributed by atoms with Crippen molar-refractivity contribution in [1.29, 1.82) is 0 Å². The monoisotopic (exact) mass is 331 g/mol. The molecule has 5 heteroatoms. The minimum Gasteiger partial charge on any atom is -0.481 e. The highest BCUT2D eigenvalue weighted by Crippen LogP contribution is 2.51. The standard InChI is InChI=1S/C19H25NO4/c1-12(2)5-4-6-13(3)8-10-20-11-19-9-7-14(24-19)15(18(22)23)16(19)17(20)21/h5,7-9,14-16H,4,6,10-11H2,1-3H3,(H,22,23)/b13-8-/t14-,15-,16+,19+/m0/s1. The quantitative estimate of drug-likeness (QED) is 0.760. The third kappa shape index (κ3) is 2.81. The minimum atomic E-state index is -0.945. The molecule has 2 fully saturated rings. The number of aliphatic carboxylic acids is 1. The molecule has 0 aliphatic carbocycles. The summed E-state index contributed by atoms with van der Waals surface area (Å²) in [6.07, 6.45) is 9.48. The van der Waals surface area contributed by atoms with Crippen LogP contribution in [0.4, 0.5) is 0 Å². The van der Waals surface area contributed by atoms with Crippen molar-refractivity contribution in [3.8, 4) is 0 Å². The lowest BCUT2D eigenvalue weighted by Crippen LogP contribution is -2.39. The minimum absolute atomic E-state index is 0.0948. The van der Waals surface area contributed by atoms with Crippen LogP contribution in [0.5, 0.6) is 0 Å². The molecule has 0 aromatic carbocycles. The fourth-order valence-corrected chi connectivity index (χ4v) is 3.97. The summed E-state index contributed by atoms with van der Waals surface area (Å²) in [4.78, 5) is 26.0. The van der Waals surface area contributed by atoms with Crippen LogP contribution in [0.15, 0.2) is 35.5 Å². The van der Waals surface area contributed by atoms with Crippen molar-refractivity contribution in [2.45, 2.75) is 45.3 Å². The number of carbonyl (C=O) groups excluding carboxylic acids is 1. The van der Waals surface area contributed by atoms with Crippen molar-refractivity contribution >= 4 is 11.9 Å². The molecule has 0 saturated carbocycles. The van der Waals surface area contributed by atoms with Gasteiger partial charge in [0.15, 0.2) is 0 Å². The van der Waals surface area contributed by atoms with Crippen LogP contribution < -0.4 is 0 Å². The first-order valence-corrected chi connectivity index (χ1v) is 8.52. The highest BCUT2D eigenvalue weighted by atomic mass is 16.5. The van der Waals surface area contributed by atoms with E-state index in [0.29, 0.717) is 13.1 Å². The van der Waals surface area contributed by atoms with Gasteiger partial charge in [-0.2, -0.15) is 0 Å². The van der Waals surface area contributed by atoms with E-state index in [2.05, 4.69) is 32.9 Å². The number of likely N-dealkylation sites (tertiary alicyclic amines) is 1. The number of hydrogen-bond acceptors (Lipinski definition) is 3. The zero-order valence-electron chi connectivity index (χ0n) is 14.5. The van der Waals surface area contributed by atoms with Crippen LogP contribution in [-0.2, 0) is 14.3 Å². The van der Waals surface area contributed by atoms with Crippen molar-refractivity contribution in [3.63, 3.8) is 0 Å². The molecule has 2 saturated heterocycles. The summed E-state index contributed by atoms with van der Waals surface area (Å²) in [6, 6.07) is 0. The van der Waals surface area contributed by atoms with Crippen molar-refractivity contribution in [2.75, 3.05) is 13.1 Å². The van der Waals surface area contributed by atoms with Crippen molar-refractivity contribution in [3.05, 3.63) is 35.5 Å². The van der Waals surface area contributed by atoms with Crippen molar-refractivity contribution in [1.82, 2.24) is 4.90 Å². The van der Waals surface area contributed by atoms with Crippen molar-refractivity contribution in [2.24, 2.45) is 11.8 Å². The SMILES string of the molecule is CC(C)=CCC/C(C)=C\CN1C[C@@]23C=C[C@H](O2)[C@H](C(=O)O)[C@@H]3C1=O. The van der Waals surface area contributed by atoms with E-state index in [1.807, 2.05) is 6.08 Å². The Morgan fingerprint density at radius 2 is 2.17 bits per heavy atom. The summed E-state index contributed by atoms with van der Waals surface area (Å²) in [5, 5.41) is 9.44. The Kier molecular flexibility index (Phi) is 4.38. The first-order valence-electron chi connectivity index (χ1n) is 8.52. The van der Waals surface area contributed by atoms with E-state index >= 15 is 0 Å². The fourth-order valence-electron chi connectivity index (χ4n) is 3.97. The van der Waals surface area contributed by atoms with E-state index in [1.54, 1.807) is 11.0 Å². The first-order chi connectivity index (χ1) is 11.3. The summed E-state index contributed by atoms with van der Waals surface area (Å²) in [5.74, 6) is -2.37. The van der Waals surface area contributed by atoms with Crippen LogP contribution in [-0.4, -0.2) is 46.7 Å². The van der Waals surface area contributed by atoms with Crippen LogP contribution in [0, 0.1) is 11.8 Å². The van der Waals surface area contributed by atoms with E-state index in [0.717, 1.165) is 12.8 Å². The number of fused-ring (bicyclic) bond motifs is 1. The number of nitrogens with zero attached hydrogens (tertiary/aromatic N) is 1. The van der Waals surface area contributed by atoms with E-state index < -0.39 is 29.5 Å². The molecular formula is C19H25NO4. The lowest BCUT2D eigenvalue weighted by molar-refractivity contribution is -0.147. The van der Waals surface area contributed by atoms with E-state index in [-0.39, 0.29) is 5.91 Å². The highest BCUT2D eigenvalue weighted by molar-refractivity contribution is 5.90. The van der Waals surface area contributed by atoms with Gasteiger partial charge in [-0.25, -0.2) is 0 Å². The number of allylic oxidation sites excluding steroid dienone is 3. The maximum atomic E-state index is 12.7. The molecule has 5 nitrogen and oxygen atoms in total. The van der Waals surface area contributed by atoms with Gasteiger partial charge in [0.1, 0.15) is 11.5 Å². The number of carboxylic acids is 1. The number of carboxylic acid groups (broad SMARTS) is 1. The molecule has 3 heterocycles. The second-order valence-corrected chi connectivity index (χ2v) is 7.33. The maximum absolute atomic E-state index is 12.7. The van der Waals surface area contributed by atoms with Crippen LogP contribution in [0.25, 0.3) is 0 Å². The third-order valence-electron chi connectivity index (χ3n) is 5.22. The van der Waals surface area contributed by atoms with Gasteiger partial charge in [0, 0.05) is 6.54 Å². The number of ether oxygens (including phenoxy) is 1. The Balaban J connectivity index is 1.66. The van der Waals surface area contributed by atoms with Gasteiger partial charge in [0.05, 0.1) is 18.6 Å². The summed E-state index contributed by atoms with van der Waals surface area (Å²) >= 11 is 0. The lowest BCUT2D eigenvalue weighted by Gasteiger charge is -2.21. The molecule has 0 aromatic rings. The summed E-state index contributed by atoms with van der Waals surface area (Å²) in [5.41, 5.74) is 1.82. The maximum Gasteiger partial charge on any atom is 0.310 e. The van der Waals surface area contributed by atoms with Crippen LogP contribution >= 0.6 is 0 Å². The molecular weight excluding hydrogens is 306 g/mol. The summed E-state index contributed by atoms with van der Waals surface area (Å²) in [6.45, 7) is 7.21. The molecule has 24 heavy (non-hydrogen) atoms.